The summed E-state index contributed by atoms with van der Waals surface area (Å²) in [5.41, 5.74) is 2.88. The number of hydrogen-bond acceptors (Lipinski definition) is 4. The van der Waals surface area contributed by atoms with Crippen LogP contribution in [0.3, 0.4) is 0 Å². The van der Waals surface area contributed by atoms with Gasteiger partial charge < -0.3 is 10.2 Å². The zero-order valence-corrected chi connectivity index (χ0v) is 14.7. The van der Waals surface area contributed by atoms with Gasteiger partial charge in [-0.15, -0.1) is 0 Å². The van der Waals surface area contributed by atoms with Gasteiger partial charge >= 0.3 is 6.03 Å². The van der Waals surface area contributed by atoms with Gasteiger partial charge in [-0.3, -0.25) is 19.8 Å². The Morgan fingerprint density at radius 2 is 1.77 bits per heavy atom. The third kappa shape index (κ3) is 3.44. The first-order chi connectivity index (χ1) is 12.6. The van der Waals surface area contributed by atoms with Gasteiger partial charge in [-0.25, -0.2) is 4.79 Å². The minimum atomic E-state index is -0.737. The molecule has 4 rings (SSSR count). The molecule has 4 amide bonds. The van der Waals surface area contributed by atoms with Crippen molar-refractivity contribution in [2.45, 2.75) is 37.8 Å². The molecule has 0 aromatic heterocycles. The van der Waals surface area contributed by atoms with Crippen molar-refractivity contribution in [3.8, 4) is 0 Å². The number of rotatable bonds is 3. The smallest absolute Gasteiger partial charge is 0.322 e. The van der Waals surface area contributed by atoms with E-state index in [9.17, 15) is 14.4 Å². The molecule has 1 atom stereocenters. The number of nitrogens with zero attached hydrogens (tertiary/aromatic N) is 2. The number of nitrogens with one attached hydrogen (secondary N) is 2. The van der Waals surface area contributed by atoms with E-state index in [0.29, 0.717) is 19.1 Å². The lowest BCUT2D eigenvalue weighted by molar-refractivity contribution is -0.133. The molecule has 2 aliphatic heterocycles. The number of hydrogen-bond donors (Lipinski definition) is 2. The molecule has 2 N–H and O–H groups in total. The summed E-state index contributed by atoms with van der Waals surface area (Å²) >= 11 is 0. The van der Waals surface area contributed by atoms with E-state index >= 15 is 0 Å². The van der Waals surface area contributed by atoms with E-state index < -0.39 is 18.0 Å². The van der Waals surface area contributed by atoms with E-state index in [0.717, 1.165) is 32.4 Å². The van der Waals surface area contributed by atoms with Crippen molar-refractivity contribution < 1.29 is 14.4 Å². The van der Waals surface area contributed by atoms with Crippen LogP contribution in [0.4, 0.5) is 4.79 Å². The van der Waals surface area contributed by atoms with Crippen molar-refractivity contribution in [2.24, 2.45) is 0 Å². The Kier molecular flexibility index (Phi) is 4.63. The number of fused-ring (bicyclic) bond motifs is 1. The number of benzene rings is 1. The van der Waals surface area contributed by atoms with Crippen LogP contribution in [0.15, 0.2) is 24.3 Å². The maximum atomic E-state index is 12.5. The van der Waals surface area contributed by atoms with Crippen molar-refractivity contribution in [1.82, 2.24) is 20.4 Å². The van der Waals surface area contributed by atoms with Crippen LogP contribution in [0.2, 0.25) is 0 Å². The quantitative estimate of drug-likeness (QED) is 0.763. The van der Waals surface area contributed by atoms with Crippen molar-refractivity contribution in [1.29, 1.82) is 0 Å². The predicted octanol–water partition coefficient (Wildman–Crippen LogP) is 0.286. The van der Waals surface area contributed by atoms with Crippen molar-refractivity contribution in [3.05, 3.63) is 35.4 Å². The lowest BCUT2D eigenvalue weighted by Gasteiger charge is -2.27. The molecule has 2 saturated heterocycles. The van der Waals surface area contributed by atoms with Crippen LogP contribution >= 0.6 is 0 Å². The molecule has 2 heterocycles. The van der Waals surface area contributed by atoms with Crippen LogP contribution in [0.25, 0.3) is 0 Å². The molecular weight excluding hydrogens is 332 g/mol. The second kappa shape index (κ2) is 7.07. The Balaban J connectivity index is 1.32. The van der Waals surface area contributed by atoms with Crippen LogP contribution in [-0.2, 0) is 22.4 Å². The summed E-state index contributed by atoms with van der Waals surface area (Å²) in [4.78, 5) is 39.7. The molecule has 2 fully saturated rings. The fourth-order valence-corrected chi connectivity index (χ4v) is 4.25. The van der Waals surface area contributed by atoms with Gasteiger partial charge in [0.1, 0.15) is 6.04 Å². The maximum Gasteiger partial charge on any atom is 0.322 e. The van der Waals surface area contributed by atoms with Crippen molar-refractivity contribution in [3.63, 3.8) is 0 Å². The molecule has 1 aliphatic carbocycles. The predicted molar refractivity (Wildman–Crippen MR) is 95.5 cm³/mol. The number of carbonyl (C=O) groups excluding carboxylic acids is 3. The summed E-state index contributed by atoms with van der Waals surface area (Å²) in [5, 5.41) is 4.67. The van der Waals surface area contributed by atoms with Crippen LogP contribution < -0.4 is 10.6 Å². The number of imide groups is 1. The molecular formula is C19H24N4O3. The minimum Gasteiger partial charge on any atom is -0.341 e. The molecule has 7 heteroatoms. The minimum absolute atomic E-state index is 0.0342. The summed E-state index contributed by atoms with van der Waals surface area (Å²) in [6.07, 6.45) is 3.13. The number of carbonyl (C=O) groups is 3. The summed E-state index contributed by atoms with van der Waals surface area (Å²) in [6, 6.07) is 7.88. The molecule has 0 unspecified atom stereocenters. The molecule has 0 radical (unpaired) electrons. The second-order valence-corrected chi connectivity index (χ2v) is 7.32. The average Bonchev–Trinajstić information content (AvgIpc) is 3.08. The van der Waals surface area contributed by atoms with E-state index in [1.54, 1.807) is 0 Å². The normalized spacial score (nSPS) is 24.2. The number of urea groups is 1. The number of amides is 4. The van der Waals surface area contributed by atoms with Gasteiger partial charge in [-0.1, -0.05) is 24.3 Å². The molecule has 0 bridgehead atoms. The fourth-order valence-electron chi connectivity index (χ4n) is 4.25. The van der Waals surface area contributed by atoms with Gasteiger partial charge in [0.25, 0.3) is 5.91 Å². The topological polar surface area (TPSA) is 81.8 Å². The molecule has 1 aromatic carbocycles. The van der Waals surface area contributed by atoms with Gasteiger partial charge in [-0.2, -0.15) is 0 Å². The SMILES string of the molecule is O=C1NC(=O)[C@H](CC(=O)N2CCCN(C3Cc4ccccc4C3)CC2)N1. The van der Waals surface area contributed by atoms with Gasteiger partial charge in [0.15, 0.2) is 0 Å². The summed E-state index contributed by atoms with van der Waals surface area (Å²) in [6.45, 7) is 3.22. The van der Waals surface area contributed by atoms with E-state index in [1.807, 2.05) is 4.90 Å². The molecule has 7 nitrogen and oxygen atoms in total. The molecule has 3 aliphatic rings. The third-order valence-corrected chi connectivity index (χ3v) is 5.67. The van der Waals surface area contributed by atoms with Gasteiger partial charge in [0, 0.05) is 32.2 Å². The van der Waals surface area contributed by atoms with Gasteiger partial charge in [0.2, 0.25) is 5.91 Å². The van der Waals surface area contributed by atoms with E-state index in [1.165, 1.54) is 11.1 Å². The molecule has 26 heavy (non-hydrogen) atoms. The highest BCUT2D eigenvalue weighted by atomic mass is 16.2. The summed E-state index contributed by atoms with van der Waals surface area (Å²) < 4.78 is 0. The van der Waals surface area contributed by atoms with Crippen LogP contribution in [-0.4, -0.2) is 65.9 Å². The largest absolute Gasteiger partial charge is 0.341 e. The lowest BCUT2D eigenvalue weighted by atomic mass is 10.1. The molecule has 0 saturated carbocycles. The highest BCUT2D eigenvalue weighted by Crippen LogP contribution is 2.26. The zero-order valence-electron chi connectivity index (χ0n) is 14.7. The van der Waals surface area contributed by atoms with Gasteiger partial charge in [0.05, 0.1) is 6.42 Å². The zero-order chi connectivity index (χ0) is 18.1. The lowest BCUT2D eigenvalue weighted by Crippen LogP contribution is -2.42. The fraction of sp³-hybridized carbons (Fsp3) is 0.526. The van der Waals surface area contributed by atoms with Crippen molar-refractivity contribution in [2.75, 3.05) is 26.2 Å². The Bertz CT molecular complexity index is 710. The van der Waals surface area contributed by atoms with E-state index in [4.69, 9.17) is 0 Å². The summed E-state index contributed by atoms with van der Waals surface area (Å²) in [5.74, 6) is -0.479. The first-order valence-electron chi connectivity index (χ1n) is 9.30. The maximum absolute atomic E-state index is 12.5. The Labute approximate surface area is 152 Å². The third-order valence-electron chi connectivity index (χ3n) is 5.67. The molecule has 1 aromatic rings. The second-order valence-electron chi connectivity index (χ2n) is 7.32. The van der Waals surface area contributed by atoms with Crippen LogP contribution in [0.1, 0.15) is 24.0 Å². The monoisotopic (exact) mass is 356 g/mol. The highest BCUT2D eigenvalue weighted by molar-refractivity contribution is 6.05. The average molecular weight is 356 g/mol. The first-order valence-corrected chi connectivity index (χ1v) is 9.30. The Morgan fingerprint density at radius 3 is 2.42 bits per heavy atom. The first kappa shape index (κ1) is 17.0. The van der Waals surface area contributed by atoms with Gasteiger partial charge in [-0.05, 0) is 30.4 Å². The Hall–Kier alpha value is -2.41. The van der Waals surface area contributed by atoms with E-state index in [2.05, 4.69) is 39.8 Å². The molecule has 138 valence electrons. The highest BCUT2D eigenvalue weighted by Gasteiger charge is 2.34. The summed E-state index contributed by atoms with van der Waals surface area (Å²) in [7, 11) is 0. The standard InChI is InChI=1S/C19H24N4O3/c24-17(12-16-18(25)21-19(26)20-16)23-7-3-6-22(8-9-23)15-10-13-4-1-2-5-14(13)11-15/h1-2,4-5,15-16H,3,6-12H2,(H2,20,21,25,26)/t16-/m0/s1. The van der Waals surface area contributed by atoms with E-state index in [-0.39, 0.29) is 12.3 Å². The van der Waals surface area contributed by atoms with Crippen LogP contribution in [0.5, 0.6) is 0 Å². The van der Waals surface area contributed by atoms with Crippen LogP contribution in [0, 0.1) is 0 Å². The molecule has 0 spiro atoms. The van der Waals surface area contributed by atoms with Crippen molar-refractivity contribution >= 4 is 17.8 Å². The Morgan fingerprint density at radius 1 is 1.04 bits per heavy atom.